The van der Waals surface area contributed by atoms with Crippen molar-refractivity contribution >= 4 is 6.09 Å². The molecule has 4 unspecified atom stereocenters. The molecule has 0 radical (unpaired) electrons. The molecule has 7 heteroatoms. The summed E-state index contributed by atoms with van der Waals surface area (Å²) in [6, 6.07) is -0.0984. The third-order valence-electron chi connectivity index (χ3n) is 6.95. The lowest BCUT2D eigenvalue weighted by atomic mass is 9.68. The first-order chi connectivity index (χ1) is 14.2. The van der Waals surface area contributed by atoms with Crippen molar-refractivity contribution in [3.8, 4) is 0 Å². The quantitative estimate of drug-likeness (QED) is 0.450. The van der Waals surface area contributed by atoms with Gasteiger partial charge in [-0.25, -0.2) is 4.79 Å². The van der Waals surface area contributed by atoms with Gasteiger partial charge in [0.1, 0.15) is 23.4 Å². The summed E-state index contributed by atoms with van der Waals surface area (Å²) < 4.78 is 29.2. The minimum atomic E-state index is -0.424. The van der Waals surface area contributed by atoms with Gasteiger partial charge in [-0.1, -0.05) is 25.5 Å². The molecule has 30 heavy (non-hydrogen) atoms. The van der Waals surface area contributed by atoms with Crippen LogP contribution < -0.4 is 5.32 Å². The fraction of sp³-hybridized carbons (Fsp3) is 0.870. The van der Waals surface area contributed by atoms with E-state index in [2.05, 4.69) is 32.2 Å². The van der Waals surface area contributed by atoms with Gasteiger partial charge >= 0.3 is 6.09 Å². The van der Waals surface area contributed by atoms with E-state index in [1.165, 1.54) is 5.57 Å². The van der Waals surface area contributed by atoms with Crippen LogP contribution in [-0.4, -0.2) is 69.1 Å². The molecule has 3 aliphatic rings. The predicted molar refractivity (Wildman–Crippen MR) is 113 cm³/mol. The van der Waals surface area contributed by atoms with Crippen LogP contribution in [0.4, 0.5) is 4.79 Å². The molecule has 1 aliphatic carbocycles. The van der Waals surface area contributed by atoms with E-state index in [-0.39, 0.29) is 47.4 Å². The SMILES string of the molecule is COC[C@H](NC(=O)OC1CC[C@]2(CO2)C(C2(C)O[C@@H]2CC=C(C)C)C1OC)C(C)C. The van der Waals surface area contributed by atoms with Crippen molar-refractivity contribution in [2.24, 2.45) is 11.8 Å². The summed E-state index contributed by atoms with van der Waals surface area (Å²) in [4.78, 5) is 12.6. The maximum Gasteiger partial charge on any atom is 0.407 e. The van der Waals surface area contributed by atoms with Crippen molar-refractivity contribution < 1.29 is 28.5 Å². The molecule has 1 amide bonds. The fourth-order valence-electron chi connectivity index (χ4n) is 4.97. The molecule has 7 atom stereocenters. The zero-order chi connectivity index (χ0) is 22.1. The molecule has 0 bridgehead atoms. The van der Waals surface area contributed by atoms with Crippen molar-refractivity contribution in [2.75, 3.05) is 27.4 Å². The van der Waals surface area contributed by atoms with Crippen LogP contribution in [-0.2, 0) is 23.7 Å². The second kappa shape index (κ2) is 9.15. The van der Waals surface area contributed by atoms with E-state index >= 15 is 0 Å². The standard InChI is InChI=1S/C23H39NO6/c1-14(2)8-9-18-22(5,30-18)20-19(27-7)17(10-11-23(20)13-28-23)29-21(25)24-16(12-26-6)15(3)4/h8,15-20H,9-13H2,1-7H3,(H,24,25)/t16-,17?,18+,19?,20?,22?,23-/m0/s1. The highest BCUT2D eigenvalue weighted by atomic mass is 16.6. The van der Waals surface area contributed by atoms with Gasteiger partial charge in [0.25, 0.3) is 0 Å². The maximum atomic E-state index is 12.6. The number of ether oxygens (including phenoxy) is 5. The van der Waals surface area contributed by atoms with Crippen molar-refractivity contribution in [1.29, 1.82) is 0 Å². The predicted octanol–water partition coefficient (Wildman–Crippen LogP) is 3.46. The molecule has 1 spiro atoms. The van der Waals surface area contributed by atoms with Crippen LogP contribution >= 0.6 is 0 Å². The van der Waals surface area contributed by atoms with Gasteiger partial charge in [0, 0.05) is 14.2 Å². The van der Waals surface area contributed by atoms with Gasteiger partial charge in [0.15, 0.2) is 0 Å². The first-order valence-electron chi connectivity index (χ1n) is 11.1. The van der Waals surface area contributed by atoms with E-state index in [1.807, 2.05) is 13.8 Å². The summed E-state index contributed by atoms with van der Waals surface area (Å²) in [5.74, 6) is 0.268. The van der Waals surface area contributed by atoms with E-state index in [0.29, 0.717) is 19.6 Å². The van der Waals surface area contributed by atoms with Gasteiger partial charge in [-0.3, -0.25) is 0 Å². The van der Waals surface area contributed by atoms with Gasteiger partial charge in [0.05, 0.1) is 31.3 Å². The molecule has 2 heterocycles. The summed E-state index contributed by atoms with van der Waals surface area (Å²) in [5.41, 5.74) is 0.728. The Bertz CT molecular complexity index is 642. The lowest BCUT2D eigenvalue weighted by Crippen LogP contribution is -2.56. The Kier molecular flexibility index (Phi) is 7.17. The number of rotatable bonds is 9. The molecule has 2 saturated heterocycles. The highest BCUT2D eigenvalue weighted by molar-refractivity contribution is 5.68. The van der Waals surface area contributed by atoms with Crippen LogP contribution in [0, 0.1) is 11.8 Å². The number of methoxy groups -OCH3 is 2. The number of nitrogens with one attached hydrogen (secondary N) is 1. The molecule has 0 aromatic rings. The second-order valence-corrected chi connectivity index (χ2v) is 9.77. The molecule has 0 aromatic heterocycles. The first kappa shape index (κ1) is 23.5. The summed E-state index contributed by atoms with van der Waals surface area (Å²) in [7, 11) is 3.32. The third kappa shape index (κ3) is 4.85. The van der Waals surface area contributed by atoms with Crippen molar-refractivity contribution in [1.82, 2.24) is 5.32 Å². The number of hydrogen-bond donors (Lipinski definition) is 1. The van der Waals surface area contributed by atoms with Crippen LogP contribution in [0.3, 0.4) is 0 Å². The number of carbonyl (C=O) groups excluding carboxylic acids is 1. The van der Waals surface area contributed by atoms with E-state index in [4.69, 9.17) is 23.7 Å². The Morgan fingerprint density at radius 2 is 2.00 bits per heavy atom. The Morgan fingerprint density at radius 3 is 2.53 bits per heavy atom. The largest absolute Gasteiger partial charge is 0.443 e. The lowest BCUT2D eigenvalue weighted by Gasteiger charge is -2.42. The van der Waals surface area contributed by atoms with Gasteiger partial charge in [-0.05, 0) is 46.0 Å². The smallest absolute Gasteiger partial charge is 0.407 e. The highest BCUT2D eigenvalue weighted by Gasteiger charge is 2.72. The molecular formula is C23H39NO6. The number of carbonyl (C=O) groups is 1. The summed E-state index contributed by atoms with van der Waals surface area (Å²) >= 11 is 0. The topological polar surface area (TPSA) is 81.9 Å². The average molecular weight is 426 g/mol. The summed E-state index contributed by atoms with van der Waals surface area (Å²) in [6.45, 7) is 11.6. The van der Waals surface area contributed by atoms with Crippen LogP contribution in [0.2, 0.25) is 0 Å². The van der Waals surface area contributed by atoms with Gasteiger partial charge in [-0.15, -0.1) is 0 Å². The number of allylic oxidation sites excluding steroid dienone is 1. The van der Waals surface area contributed by atoms with E-state index in [0.717, 1.165) is 12.8 Å². The molecule has 2 aliphatic heterocycles. The zero-order valence-corrected chi connectivity index (χ0v) is 19.5. The normalized spacial score (nSPS) is 38.3. The van der Waals surface area contributed by atoms with E-state index < -0.39 is 6.09 Å². The van der Waals surface area contributed by atoms with E-state index in [9.17, 15) is 4.79 Å². The second-order valence-electron chi connectivity index (χ2n) is 9.77. The maximum absolute atomic E-state index is 12.6. The number of amides is 1. The summed E-state index contributed by atoms with van der Waals surface area (Å²) in [6.07, 6.45) is 3.75. The van der Waals surface area contributed by atoms with Crippen molar-refractivity contribution in [3.63, 3.8) is 0 Å². The van der Waals surface area contributed by atoms with Gasteiger partial charge in [0.2, 0.25) is 0 Å². The minimum absolute atomic E-state index is 0.0250. The van der Waals surface area contributed by atoms with E-state index in [1.54, 1.807) is 14.2 Å². The molecule has 3 fully saturated rings. The van der Waals surface area contributed by atoms with Crippen LogP contribution in [0.5, 0.6) is 0 Å². The molecule has 172 valence electrons. The Labute approximate surface area is 180 Å². The average Bonchev–Trinajstić information content (AvgIpc) is 3.58. The Balaban J connectivity index is 1.69. The molecule has 1 N–H and O–H groups in total. The van der Waals surface area contributed by atoms with Crippen LogP contribution in [0.25, 0.3) is 0 Å². The van der Waals surface area contributed by atoms with Gasteiger partial charge in [-0.2, -0.15) is 0 Å². The lowest BCUT2D eigenvalue weighted by molar-refractivity contribution is -0.118. The Morgan fingerprint density at radius 1 is 1.30 bits per heavy atom. The monoisotopic (exact) mass is 425 g/mol. The number of epoxide rings is 2. The third-order valence-corrected chi connectivity index (χ3v) is 6.95. The number of alkyl carbamates (subject to hydrolysis) is 1. The molecule has 3 rings (SSSR count). The molecule has 7 nitrogen and oxygen atoms in total. The summed E-state index contributed by atoms with van der Waals surface area (Å²) in [5, 5.41) is 2.94. The van der Waals surface area contributed by atoms with Crippen LogP contribution in [0.15, 0.2) is 11.6 Å². The molecule has 1 saturated carbocycles. The van der Waals surface area contributed by atoms with Gasteiger partial charge < -0.3 is 29.0 Å². The van der Waals surface area contributed by atoms with Crippen molar-refractivity contribution in [2.45, 2.75) is 89.4 Å². The minimum Gasteiger partial charge on any atom is -0.443 e. The number of hydrogen-bond acceptors (Lipinski definition) is 6. The Hall–Kier alpha value is -1.15. The fourth-order valence-corrected chi connectivity index (χ4v) is 4.97. The molecule has 0 aromatic carbocycles. The molecular weight excluding hydrogens is 386 g/mol. The zero-order valence-electron chi connectivity index (χ0n) is 19.5. The highest BCUT2D eigenvalue weighted by Crippen LogP contribution is 2.59. The van der Waals surface area contributed by atoms with Crippen molar-refractivity contribution in [3.05, 3.63) is 11.6 Å². The first-order valence-corrected chi connectivity index (χ1v) is 11.1. The van der Waals surface area contributed by atoms with Crippen LogP contribution in [0.1, 0.15) is 53.9 Å².